The summed E-state index contributed by atoms with van der Waals surface area (Å²) in [7, 11) is 17.8. The fourth-order valence-electron chi connectivity index (χ4n) is 7.93. The smallest absolute Gasteiger partial charge is 0.203 e. The Kier molecular flexibility index (Phi) is 15.9. The number of hydrogen-bond donors (Lipinski definition) is 0. The van der Waals surface area contributed by atoms with E-state index in [1.807, 2.05) is 60.7 Å². The molecule has 0 aliphatic carbocycles. The van der Waals surface area contributed by atoms with E-state index in [0.29, 0.717) is 74.7 Å². The molecule has 0 fully saturated rings. The van der Waals surface area contributed by atoms with E-state index in [-0.39, 0.29) is 0 Å². The van der Waals surface area contributed by atoms with Crippen molar-refractivity contribution in [3.63, 3.8) is 0 Å². The van der Waals surface area contributed by atoms with Gasteiger partial charge in [-0.25, -0.2) is 0 Å². The van der Waals surface area contributed by atoms with Crippen LogP contribution < -0.4 is 93.4 Å². The van der Waals surface area contributed by atoms with E-state index in [1.165, 1.54) is 0 Å². The van der Waals surface area contributed by atoms with Crippen molar-refractivity contribution in [3.8, 4) is 85.9 Å². The van der Waals surface area contributed by atoms with Gasteiger partial charge in [0.2, 0.25) is 23.0 Å². The summed E-state index contributed by atoms with van der Waals surface area (Å²) in [6.07, 6.45) is 0. The van der Waals surface area contributed by atoms with Crippen LogP contribution in [0.1, 0.15) is 5.56 Å². The molecular formula is C50H56O13P2. The molecule has 0 saturated carbocycles. The molecule has 0 radical (unpaired) electrons. The zero-order chi connectivity index (χ0) is 46.9. The second kappa shape index (κ2) is 21.5. The van der Waals surface area contributed by atoms with Crippen LogP contribution in [0.25, 0.3) is 11.1 Å². The Bertz CT molecular complexity index is 2410. The van der Waals surface area contributed by atoms with Gasteiger partial charge in [-0.15, -0.1) is 0 Å². The second-order valence-electron chi connectivity index (χ2n) is 14.0. The molecule has 6 aromatic rings. The first-order valence-corrected chi connectivity index (χ1v) is 22.8. The van der Waals surface area contributed by atoms with E-state index in [2.05, 4.69) is 31.2 Å². The van der Waals surface area contributed by atoms with E-state index >= 15 is 0 Å². The maximum Gasteiger partial charge on any atom is 0.203 e. The molecule has 15 heteroatoms. The average molecular weight is 927 g/mol. The number of hydrogen-bond acceptors (Lipinski definition) is 13. The zero-order valence-corrected chi connectivity index (χ0v) is 41.1. The Balaban J connectivity index is 1.81. The fourth-order valence-corrected chi connectivity index (χ4v) is 13.0. The average Bonchev–Trinajstić information content (AvgIpc) is 3.34. The molecule has 0 aliphatic rings. The third-order valence-electron chi connectivity index (χ3n) is 10.8. The summed E-state index contributed by atoms with van der Waals surface area (Å²) in [6.45, 7) is 2.11. The summed E-state index contributed by atoms with van der Waals surface area (Å²) in [5.41, 5.74) is 2.80. The Hall–Kier alpha value is -6.42. The molecule has 6 rings (SSSR count). The third-order valence-corrected chi connectivity index (χ3v) is 15.6. The quantitative estimate of drug-likeness (QED) is 0.0714. The van der Waals surface area contributed by atoms with Gasteiger partial charge in [0, 0.05) is 5.56 Å². The summed E-state index contributed by atoms with van der Waals surface area (Å²) >= 11 is 0. The van der Waals surface area contributed by atoms with E-state index in [4.69, 9.17) is 61.6 Å². The normalized spacial score (nSPS) is 10.9. The summed E-state index contributed by atoms with van der Waals surface area (Å²) < 4.78 is 77.3. The molecule has 0 amide bonds. The van der Waals surface area contributed by atoms with Gasteiger partial charge in [0.25, 0.3) is 0 Å². The van der Waals surface area contributed by atoms with Crippen molar-refractivity contribution >= 4 is 47.7 Å². The van der Waals surface area contributed by atoms with Crippen molar-refractivity contribution in [3.05, 3.63) is 90.5 Å². The summed E-state index contributed by atoms with van der Waals surface area (Å²) in [5.74, 6) is 6.51. The minimum Gasteiger partial charge on any atom is -0.496 e. The van der Waals surface area contributed by atoms with Crippen molar-refractivity contribution in [1.82, 2.24) is 0 Å². The maximum atomic E-state index is 6.39. The predicted octanol–water partition coefficient (Wildman–Crippen LogP) is 7.29. The largest absolute Gasteiger partial charge is 0.496 e. The lowest BCUT2D eigenvalue weighted by Gasteiger charge is -2.30. The summed E-state index contributed by atoms with van der Waals surface area (Å²) in [4.78, 5) is 0. The van der Waals surface area contributed by atoms with Gasteiger partial charge in [-0.2, -0.15) is 0 Å². The van der Waals surface area contributed by atoms with Gasteiger partial charge in [0.1, 0.15) is 5.75 Å². The van der Waals surface area contributed by atoms with E-state index in [1.54, 1.807) is 92.4 Å². The van der Waals surface area contributed by atoms with Gasteiger partial charge >= 0.3 is 0 Å². The third kappa shape index (κ3) is 9.13. The lowest BCUT2D eigenvalue weighted by Crippen LogP contribution is -2.27. The second-order valence-corrected chi connectivity index (χ2v) is 18.4. The Morgan fingerprint density at radius 2 is 0.523 bits per heavy atom. The van der Waals surface area contributed by atoms with Crippen molar-refractivity contribution in [1.29, 1.82) is 0 Å². The van der Waals surface area contributed by atoms with Gasteiger partial charge < -0.3 is 61.6 Å². The first-order chi connectivity index (χ1) is 31.6. The van der Waals surface area contributed by atoms with Crippen LogP contribution in [0.2, 0.25) is 0 Å². The first kappa shape index (κ1) is 48.0. The van der Waals surface area contributed by atoms with Crippen LogP contribution >= 0.6 is 15.8 Å². The molecule has 0 aliphatic heterocycles. The van der Waals surface area contributed by atoms with Crippen LogP contribution in [0.4, 0.5) is 0 Å². The molecule has 0 unspecified atom stereocenters. The molecule has 344 valence electrons. The van der Waals surface area contributed by atoms with Gasteiger partial charge in [0.15, 0.2) is 46.0 Å². The summed E-state index contributed by atoms with van der Waals surface area (Å²) in [5, 5.41) is 5.48. The lowest BCUT2D eigenvalue weighted by molar-refractivity contribution is 0.325. The highest BCUT2D eigenvalue weighted by molar-refractivity contribution is 7.80. The van der Waals surface area contributed by atoms with Gasteiger partial charge in [-0.1, -0.05) is 30.3 Å². The van der Waals surface area contributed by atoms with Crippen LogP contribution in [0.15, 0.2) is 84.9 Å². The highest BCUT2D eigenvalue weighted by Gasteiger charge is 2.33. The predicted molar refractivity (Wildman–Crippen MR) is 259 cm³/mol. The van der Waals surface area contributed by atoms with Crippen molar-refractivity contribution in [2.45, 2.75) is 6.92 Å². The Morgan fingerprint density at radius 1 is 0.277 bits per heavy atom. The first-order valence-electron chi connectivity index (χ1n) is 20.2. The molecule has 0 bridgehead atoms. The SMILES string of the molecule is COc1cc(P(c2cc(OC)c(OC)c(OC)c2)c2cccc(C)c2-c2c(OC)cccc2P(c2cc(OC)c(OC)c(OC)c2)c2cc(OC)c(OC)c(OC)c2)cc(OC)c1OC. The molecule has 65 heavy (non-hydrogen) atoms. The van der Waals surface area contributed by atoms with Gasteiger partial charge in [0.05, 0.1) is 92.4 Å². The van der Waals surface area contributed by atoms with Crippen LogP contribution in [-0.4, -0.2) is 92.4 Å². The highest BCUT2D eigenvalue weighted by Crippen LogP contribution is 2.51. The van der Waals surface area contributed by atoms with E-state index < -0.39 is 15.8 Å². The van der Waals surface area contributed by atoms with Gasteiger partial charge in [-0.05, 0) is 120 Å². The molecule has 0 N–H and O–H groups in total. The monoisotopic (exact) mass is 926 g/mol. The Morgan fingerprint density at radius 3 is 0.769 bits per heavy atom. The van der Waals surface area contributed by atoms with Crippen molar-refractivity contribution in [2.24, 2.45) is 0 Å². The standard InChI is InChI=1S/C50H56O13P2/c1-29-17-15-19-43(64(30-21-35(52-3)47(60-11)36(22-30)53-4)31-23-37(54-5)48(61-12)38(24-31)55-6)45(29)46-34(51-2)18-16-20-44(46)65(32-25-39(56-7)49(62-13)40(26-32)57-8)33-27-41(58-9)50(63-14)42(28-33)59-10/h15-28H,1-14H3. The minimum absolute atomic E-state index is 0.465. The van der Waals surface area contributed by atoms with Gasteiger partial charge in [-0.3, -0.25) is 0 Å². The van der Waals surface area contributed by atoms with Crippen molar-refractivity contribution in [2.75, 3.05) is 92.4 Å². The summed E-state index contributed by atoms with van der Waals surface area (Å²) in [6, 6.07) is 28.3. The molecule has 6 aromatic carbocycles. The van der Waals surface area contributed by atoms with E-state index in [0.717, 1.165) is 48.5 Å². The fraction of sp³-hybridized carbons (Fsp3) is 0.280. The molecule has 13 nitrogen and oxygen atoms in total. The molecule has 0 spiro atoms. The number of aryl methyl sites for hydroxylation is 1. The number of ether oxygens (including phenoxy) is 13. The molecule has 0 heterocycles. The molecular weight excluding hydrogens is 870 g/mol. The Labute approximate surface area is 383 Å². The topological polar surface area (TPSA) is 120 Å². The van der Waals surface area contributed by atoms with Crippen LogP contribution in [0.3, 0.4) is 0 Å². The molecule has 0 saturated heterocycles. The number of methoxy groups -OCH3 is 13. The molecule has 0 atom stereocenters. The van der Waals surface area contributed by atoms with Crippen LogP contribution in [-0.2, 0) is 0 Å². The molecule has 0 aromatic heterocycles. The van der Waals surface area contributed by atoms with Crippen molar-refractivity contribution < 1.29 is 61.6 Å². The van der Waals surface area contributed by atoms with E-state index in [9.17, 15) is 0 Å². The maximum absolute atomic E-state index is 6.39. The van der Waals surface area contributed by atoms with Crippen LogP contribution in [0.5, 0.6) is 74.7 Å². The van der Waals surface area contributed by atoms with Crippen LogP contribution in [0, 0.1) is 6.92 Å². The lowest BCUT2D eigenvalue weighted by atomic mass is 9.99. The number of benzene rings is 6. The zero-order valence-electron chi connectivity index (χ0n) is 39.3. The number of rotatable bonds is 20. The minimum atomic E-state index is -1.55. The highest BCUT2D eigenvalue weighted by atomic mass is 31.1.